The third-order valence-corrected chi connectivity index (χ3v) is 11.3. The zero-order chi connectivity index (χ0) is 33.9. The molecule has 3 aliphatic heterocycles. The Kier molecular flexibility index (Phi) is 7.88. The third kappa shape index (κ3) is 4.91. The number of rotatable bonds is 7. The molecule has 252 valence electrons. The van der Waals surface area contributed by atoms with Crippen molar-refractivity contribution in [2.75, 3.05) is 54.2 Å². The number of anilines is 3. The van der Waals surface area contributed by atoms with E-state index in [9.17, 15) is 24.3 Å². The predicted octanol–water partition coefficient (Wildman–Crippen LogP) is 4.33. The Labute approximate surface area is 284 Å². The van der Waals surface area contributed by atoms with Crippen molar-refractivity contribution in [2.24, 2.45) is 29.1 Å². The number of fused-ring (bicyclic) bond motifs is 4. The topological polar surface area (TPSA) is 117 Å². The molecule has 3 aromatic rings. The van der Waals surface area contributed by atoms with E-state index < -0.39 is 35.0 Å². The minimum Gasteiger partial charge on any atom is -0.491 e. The first kappa shape index (κ1) is 31.5. The molecule has 0 bridgehead atoms. The van der Waals surface area contributed by atoms with Crippen LogP contribution in [0.15, 0.2) is 90.5 Å². The number of hydrogen-bond donors (Lipinski definition) is 1. The molecule has 3 aromatic carbocycles. The molecule has 6 atom stereocenters. The lowest BCUT2D eigenvalue weighted by atomic mass is 9.51. The van der Waals surface area contributed by atoms with E-state index in [0.717, 1.165) is 29.9 Å². The second-order valence-electron chi connectivity index (χ2n) is 13.8. The van der Waals surface area contributed by atoms with E-state index in [1.807, 2.05) is 61.5 Å². The summed E-state index contributed by atoms with van der Waals surface area (Å²) in [5, 5.41) is 9.23. The molecule has 0 unspecified atom stereocenters. The Morgan fingerprint density at radius 1 is 0.796 bits per heavy atom. The van der Waals surface area contributed by atoms with Crippen molar-refractivity contribution in [1.82, 2.24) is 0 Å². The smallest absolute Gasteiger partial charge is 0.241 e. The van der Waals surface area contributed by atoms with Gasteiger partial charge in [-0.15, -0.1) is 0 Å². The van der Waals surface area contributed by atoms with Crippen molar-refractivity contribution in [3.05, 3.63) is 96.1 Å². The Morgan fingerprint density at radius 3 is 2.16 bits per heavy atom. The zero-order valence-corrected chi connectivity index (χ0v) is 27.4. The minimum absolute atomic E-state index is 0.116. The van der Waals surface area contributed by atoms with E-state index in [0.29, 0.717) is 43.2 Å². The maximum absolute atomic E-state index is 14.5. The number of nitrogens with zero attached hydrogens (tertiary/aromatic N) is 3. The molecule has 4 amide bonds. The molecule has 4 fully saturated rings. The lowest BCUT2D eigenvalue weighted by molar-refractivity contribution is -0.131. The fourth-order valence-electron chi connectivity index (χ4n) is 9.03. The highest BCUT2D eigenvalue weighted by Gasteiger charge is 2.67. The summed E-state index contributed by atoms with van der Waals surface area (Å²) < 4.78 is 11.1. The second-order valence-corrected chi connectivity index (χ2v) is 13.8. The Balaban J connectivity index is 1.17. The van der Waals surface area contributed by atoms with Gasteiger partial charge < -0.3 is 19.5 Å². The van der Waals surface area contributed by atoms with Gasteiger partial charge in [0.25, 0.3) is 0 Å². The third-order valence-electron chi connectivity index (χ3n) is 11.3. The van der Waals surface area contributed by atoms with Crippen LogP contribution < -0.4 is 19.4 Å². The number of carbonyl (C=O) groups excluding carboxylic acids is 4. The van der Waals surface area contributed by atoms with Gasteiger partial charge in [0.05, 0.1) is 54.4 Å². The highest BCUT2D eigenvalue weighted by molar-refractivity contribution is 6.25. The Morgan fingerprint density at radius 2 is 1.47 bits per heavy atom. The summed E-state index contributed by atoms with van der Waals surface area (Å²) in [4.78, 5) is 62.2. The van der Waals surface area contributed by atoms with Gasteiger partial charge in [-0.1, -0.05) is 42.0 Å². The van der Waals surface area contributed by atoms with Gasteiger partial charge in [0.2, 0.25) is 23.6 Å². The van der Waals surface area contributed by atoms with E-state index in [-0.39, 0.29) is 36.8 Å². The Hall–Kier alpha value is -4.80. The van der Waals surface area contributed by atoms with Crippen LogP contribution in [0.4, 0.5) is 17.1 Å². The van der Waals surface area contributed by atoms with E-state index in [1.165, 1.54) is 9.80 Å². The standard InChI is InChI=1S/C39H39N3O7/c1-39-32(36(45)42(38(39)47)26-5-3-2-4-6-26)23-31-29(34(39)24-7-13-28(14-8-24)49-22-19-43)15-16-30-33(31)37(46)41(35(30)44)27-11-9-25(10-12-27)40-17-20-48-21-18-40/h2-15,30-34,43H,16-23H2,1H3/t30-,31+,32-,33-,34-,39+/m0/s1. The fraction of sp³-hybridized carbons (Fsp3) is 0.385. The van der Waals surface area contributed by atoms with Crippen LogP contribution in [-0.2, 0) is 23.9 Å². The van der Waals surface area contributed by atoms with Gasteiger partial charge in [0.1, 0.15) is 12.4 Å². The van der Waals surface area contributed by atoms with Gasteiger partial charge in [-0.3, -0.25) is 24.1 Å². The SMILES string of the molecule is C[C@@]12C(=O)N(c3ccccc3)C(=O)[C@@H]1C[C@@H]1C(=CC[C@@H]3C(=O)N(c4ccc(N5CCOCC5)cc4)C(=O)[C@@H]31)[C@@H]2c1ccc(OCCO)cc1. The highest BCUT2D eigenvalue weighted by atomic mass is 16.5. The maximum Gasteiger partial charge on any atom is 0.241 e. The summed E-state index contributed by atoms with van der Waals surface area (Å²) >= 11 is 0. The van der Waals surface area contributed by atoms with Crippen LogP contribution in [0.1, 0.15) is 31.2 Å². The minimum atomic E-state index is -1.11. The normalized spacial score (nSPS) is 29.5. The molecule has 2 aliphatic carbocycles. The summed E-state index contributed by atoms with van der Waals surface area (Å²) in [5.74, 6) is -3.21. The molecular weight excluding hydrogens is 622 g/mol. The van der Waals surface area contributed by atoms with Crippen LogP contribution in [0.25, 0.3) is 0 Å². The van der Waals surface area contributed by atoms with Crippen LogP contribution >= 0.6 is 0 Å². The average molecular weight is 662 g/mol. The van der Waals surface area contributed by atoms with Crippen LogP contribution in [0.3, 0.4) is 0 Å². The van der Waals surface area contributed by atoms with Crippen LogP contribution in [0.5, 0.6) is 5.75 Å². The predicted molar refractivity (Wildman–Crippen MR) is 182 cm³/mol. The average Bonchev–Trinajstić information content (AvgIpc) is 3.51. The summed E-state index contributed by atoms with van der Waals surface area (Å²) in [7, 11) is 0. The number of aliphatic hydroxyl groups is 1. The van der Waals surface area contributed by atoms with E-state index in [2.05, 4.69) is 11.0 Å². The number of aliphatic hydroxyl groups excluding tert-OH is 1. The molecule has 3 heterocycles. The first-order chi connectivity index (χ1) is 23.8. The molecule has 0 spiro atoms. The largest absolute Gasteiger partial charge is 0.491 e. The number of para-hydroxylation sites is 1. The highest BCUT2D eigenvalue weighted by Crippen LogP contribution is 2.63. The summed E-state index contributed by atoms with van der Waals surface area (Å²) in [5.41, 5.74) is 2.74. The van der Waals surface area contributed by atoms with Gasteiger partial charge in [0, 0.05) is 24.7 Å². The van der Waals surface area contributed by atoms with Gasteiger partial charge >= 0.3 is 0 Å². The van der Waals surface area contributed by atoms with E-state index in [4.69, 9.17) is 9.47 Å². The number of hydrogen-bond acceptors (Lipinski definition) is 8. The van der Waals surface area contributed by atoms with E-state index >= 15 is 0 Å². The number of allylic oxidation sites excluding steroid dienone is 2. The molecule has 10 nitrogen and oxygen atoms in total. The van der Waals surface area contributed by atoms with Crippen molar-refractivity contribution in [1.29, 1.82) is 0 Å². The lowest BCUT2D eigenvalue weighted by Crippen LogP contribution is -2.48. The first-order valence-electron chi connectivity index (χ1n) is 17.1. The fourth-order valence-corrected chi connectivity index (χ4v) is 9.03. The monoisotopic (exact) mass is 661 g/mol. The maximum atomic E-state index is 14.5. The molecule has 8 rings (SSSR count). The van der Waals surface area contributed by atoms with Crippen molar-refractivity contribution in [3.8, 4) is 5.75 Å². The van der Waals surface area contributed by atoms with Gasteiger partial charge in [-0.25, -0.2) is 4.90 Å². The Bertz CT molecular complexity index is 1820. The van der Waals surface area contributed by atoms with Crippen molar-refractivity contribution in [3.63, 3.8) is 0 Å². The van der Waals surface area contributed by atoms with Crippen molar-refractivity contribution in [2.45, 2.75) is 25.7 Å². The summed E-state index contributed by atoms with van der Waals surface area (Å²) in [6.45, 7) is 4.80. The lowest BCUT2D eigenvalue weighted by Gasteiger charge is -2.49. The van der Waals surface area contributed by atoms with Crippen LogP contribution in [0.2, 0.25) is 0 Å². The molecular formula is C39H39N3O7. The van der Waals surface area contributed by atoms with Gasteiger partial charge in [-0.2, -0.15) is 0 Å². The number of ether oxygens (including phenoxy) is 2. The van der Waals surface area contributed by atoms with Crippen molar-refractivity contribution >= 4 is 40.7 Å². The molecule has 0 radical (unpaired) electrons. The van der Waals surface area contributed by atoms with Gasteiger partial charge in [-0.05, 0) is 79.8 Å². The zero-order valence-electron chi connectivity index (χ0n) is 27.4. The molecule has 10 heteroatoms. The molecule has 1 N–H and O–H groups in total. The first-order valence-corrected chi connectivity index (χ1v) is 17.1. The summed E-state index contributed by atoms with van der Waals surface area (Å²) in [6.07, 6.45) is 2.74. The van der Waals surface area contributed by atoms with Crippen LogP contribution in [-0.4, -0.2) is 68.3 Å². The number of carbonyl (C=O) groups is 4. The number of amides is 4. The summed E-state index contributed by atoms with van der Waals surface area (Å²) in [6, 6.07) is 24.0. The van der Waals surface area contributed by atoms with E-state index in [1.54, 1.807) is 24.3 Å². The second kappa shape index (κ2) is 12.3. The molecule has 49 heavy (non-hydrogen) atoms. The number of benzene rings is 3. The molecule has 1 saturated carbocycles. The molecule has 3 saturated heterocycles. The molecule has 5 aliphatic rings. The molecule has 0 aromatic heterocycles. The van der Waals surface area contributed by atoms with Crippen LogP contribution in [0, 0.1) is 29.1 Å². The number of imide groups is 2. The van der Waals surface area contributed by atoms with Gasteiger partial charge in [0.15, 0.2) is 0 Å². The quantitative estimate of drug-likeness (QED) is 0.294. The number of morpholine rings is 1. The van der Waals surface area contributed by atoms with Crippen molar-refractivity contribution < 1.29 is 33.8 Å².